The Morgan fingerprint density at radius 2 is 1.67 bits per heavy atom. The zero-order valence-corrected chi connectivity index (χ0v) is 24.0. The molecule has 3 aliphatic heterocycles. The van der Waals surface area contributed by atoms with Crippen LogP contribution in [0.5, 0.6) is 0 Å². The van der Waals surface area contributed by atoms with Gasteiger partial charge in [0.1, 0.15) is 5.60 Å². The predicted octanol–water partition coefficient (Wildman–Crippen LogP) is 5.84. The van der Waals surface area contributed by atoms with Crippen LogP contribution in [0.1, 0.15) is 121 Å². The molecule has 39 heavy (non-hydrogen) atoms. The van der Waals surface area contributed by atoms with Gasteiger partial charge in [-0.15, -0.1) is 0 Å². The van der Waals surface area contributed by atoms with Gasteiger partial charge in [0, 0.05) is 50.1 Å². The number of rotatable bonds is 3. The van der Waals surface area contributed by atoms with Gasteiger partial charge in [-0.05, 0) is 52.9 Å². The molecule has 4 heterocycles. The Kier molecular flexibility index (Phi) is 8.53. The zero-order chi connectivity index (χ0) is 27.7. The van der Waals surface area contributed by atoms with Gasteiger partial charge < -0.3 is 19.5 Å². The number of ether oxygens (including phenoxy) is 1. The number of halogens is 2. The summed E-state index contributed by atoms with van der Waals surface area (Å²) in [5, 5.41) is 8.24. The summed E-state index contributed by atoms with van der Waals surface area (Å²) in [5.41, 5.74) is -0.639. The number of carbonyl (C=O) groups is 1. The van der Waals surface area contributed by atoms with Crippen LogP contribution in [0.2, 0.25) is 0 Å². The summed E-state index contributed by atoms with van der Waals surface area (Å²) < 4.78 is 40.1. The quantitative estimate of drug-likeness (QED) is 0.505. The van der Waals surface area contributed by atoms with Crippen molar-refractivity contribution < 1.29 is 22.8 Å². The van der Waals surface area contributed by atoms with Gasteiger partial charge in [0.2, 0.25) is 5.89 Å². The lowest BCUT2D eigenvalue weighted by Gasteiger charge is -2.51. The Morgan fingerprint density at radius 3 is 2.28 bits per heavy atom. The fourth-order valence-corrected chi connectivity index (χ4v) is 7.19. The van der Waals surface area contributed by atoms with Crippen molar-refractivity contribution in [2.75, 3.05) is 32.7 Å². The maximum atomic E-state index is 14.4. The van der Waals surface area contributed by atoms with Crippen LogP contribution in [-0.4, -0.2) is 81.9 Å². The first kappa shape index (κ1) is 28.7. The van der Waals surface area contributed by atoms with Crippen molar-refractivity contribution in [2.24, 2.45) is 0 Å². The van der Waals surface area contributed by atoms with Crippen molar-refractivity contribution in [1.82, 2.24) is 25.3 Å². The van der Waals surface area contributed by atoms with Crippen LogP contribution >= 0.6 is 0 Å². The number of piperidine rings is 2. The number of hydrogen-bond acceptors (Lipinski definition) is 7. The molecule has 220 valence electrons. The number of hydrogen-bond donors (Lipinski definition) is 1. The van der Waals surface area contributed by atoms with E-state index in [9.17, 15) is 13.6 Å². The summed E-state index contributed by atoms with van der Waals surface area (Å²) in [5.74, 6) is -1.17. The fraction of sp³-hybridized carbons (Fsp3) is 0.897. The monoisotopic (exact) mass is 551 g/mol. The molecule has 1 N–H and O–H groups in total. The molecule has 1 spiro atoms. The minimum absolute atomic E-state index is 0.00516. The molecule has 0 radical (unpaired) electrons. The van der Waals surface area contributed by atoms with E-state index in [1.54, 1.807) is 4.90 Å². The van der Waals surface area contributed by atoms with Crippen LogP contribution in [0.25, 0.3) is 0 Å². The number of nitrogens with one attached hydrogen (secondary N) is 1. The maximum Gasteiger partial charge on any atom is 0.410 e. The third-order valence-electron chi connectivity index (χ3n) is 9.30. The SMILES string of the molecule is CC(C)(C)OC(=O)N1CCC(c2noc(C3CNC4(CCCCCCCC4)C(N4CCC(F)(F)C4)C3)n2)CC1. The molecule has 2 unspecified atom stereocenters. The van der Waals surface area contributed by atoms with Crippen molar-refractivity contribution in [3.8, 4) is 0 Å². The molecular weight excluding hydrogens is 504 g/mol. The van der Waals surface area contributed by atoms with E-state index in [0.29, 0.717) is 31.3 Å². The second kappa shape index (κ2) is 11.6. The van der Waals surface area contributed by atoms with E-state index >= 15 is 0 Å². The number of aromatic nitrogens is 2. The highest BCUT2D eigenvalue weighted by Gasteiger charge is 2.51. The molecule has 5 rings (SSSR count). The molecule has 1 saturated carbocycles. The molecule has 2 atom stereocenters. The van der Waals surface area contributed by atoms with Crippen molar-refractivity contribution in [3.05, 3.63) is 11.7 Å². The summed E-state index contributed by atoms with van der Waals surface area (Å²) in [7, 11) is 0. The van der Waals surface area contributed by atoms with Crippen LogP contribution in [0, 0.1) is 0 Å². The number of nitrogens with zero attached hydrogens (tertiary/aromatic N) is 4. The van der Waals surface area contributed by atoms with Gasteiger partial charge in [-0.2, -0.15) is 4.98 Å². The van der Waals surface area contributed by atoms with Crippen molar-refractivity contribution in [1.29, 1.82) is 0 Å². The summed E-state index contributed by atoms with van der Waals surface area (Å²) in [6.45, 7) is 7.85. The number of alkyl halides is 2. The molecule has 1 aromatic rings. The van der Waals surface area contributed by atoms with Crippen LogP contribution < -0.4 is 5.32 Å². The fourth-order valence-electron chi connectivity index (χ4n) is 7.19. The van der Waals surface area contributed by atoms with E-state index < -0.39 is 11.5 Å². The van der Waals surface area contributed by atoms with Gasteiger partial charge >= 0.3 is 6.09 Å². The first-order valence-corrected chi connectivity index (χ1v) is 15.2. The van der Waals surface area contributed by atoms with Gasteiger partial charge in [0.15, 0.2) is 5.82 Å². The molecule has 1 aliphatic carbocycles. The standard InChI is InChI=1S/C29H47F2N5O3/c1-27(2,3)38-26(37)35-15-10-21(11-16-35)24-33-25(39-34-24)22-18-23(36-17-14-29(30,31)20-36)28(32-19-22)12-8-6-4-5-7-9-13-28/h21-23,32H,4-20H2,1-3H3. The Balaban J connectivity index is 1.26. The lowest BCUT2D eigenvalue weighted by atomic mass is 9.73. The average molecular weight is 552 g/mol. The van der Waals surface area contributed by atoms with Gasteiger partial charge in [-0.3, -0.25) is 4.90 Å². The molecule has 1 amide bonds. The molecule has 10 heteroatoms. The maximum absolute atomic E-state index is 14.4. The van der Waals surface area contributed by atoms with Gasteiger partial charge in [-0.1, -0.05) is 43.7 Å². The average Bonchev–Trinajstić information content (AvgIpc) is 3.53. The van der Waals surface area contributed by atoms with Crippen LogP contribution in [0.4, 0.5) is 13.6 Å². The highest BCUT2D eigenvalue weighted by Crippen LogP contribution is 2.43. The summed E-state index contributed by atoms with van der Waals surface area (Å²) in [6.07, 6.45) is 11.3. The van der Waals surface area contributed by atoms with E-state index in [0.717, 1.165) is 51.5 Å². The first-order chi connectivity index (χ1) is 18.5. The first-order valence-electron chi connectivity index (χ1n) is 15.2. The Bertz CT molecular complexity index is 962. The zero-order valence-electron chi connectivity index (χ0n) is 24.0. The van der Waals surface area contributed by atoms with Crippen molar-refractivity contribution in [2.45, 2.75) is 133 Å². The smallest absolute Gasteiger partial charge is 0.410 e. The normalized spacial score (nSPS) is 29.1. The number of amides is 1. The summed E-state index contributed by atoms with van der Waals surface area (Å²) in [4.78, 5) is 21.1. The molecule has 1 aromatic heterocycles. The van der Waals surface area contributed by atoms with Gasteiger partial charge in [0.25, 0.3) is 5.92 Å². The van der Waals surface area contributed by atoms with E-state index in [4.69, 9.17) is 14.2 Å². The molecule has 3 saturated heterocycles. The molecule has 4 aliphatic rings. The lowest BCUT2D eigenvalue weighted by Crippen LogP contribution is -2.65. The molecule has 0 bridgehead atoms. The third-order valence-corrected chi connectivity index (χ3v) is 9.30. The Labute approximate surface area is 231 Å². The molecule has 0 aromatic carbocycles. The topological polar surface area (TPSA) is 83.7 Å². The number of likely N-dealkylation sites (tertiary alicyclic amines) is 2. The predicted molar refractivity (Wildman–Crippen MR) is 144 cm³/mol. The van der Waals surface area contributed by atoms with E-state index in [1.807, 2.05) is 20.8 Å². The second-order valence-electron chi connectivity index (χ2n) is 13.4. The van der Waals surface area contributed by atoms with E-state index in [-0.39, 0.29) is 42.5 Å². The Morgan fingerprint density at radius 1 is 1.00 bits per heavy atom. The van der Waals surface area contributed by atoms with Crippen LogP contribution in [0.3, 0.4) is 0 Å². The van der Waals surface area contributed by atoms with Gasteiger partial charge in [0.05, 0.1) is 12.5 Å². The van der Waals surface area contributed by atoms with Crippen molar-refractivity contribution in [3.63, 3.8) is 0 Å². The highest BCUT2D eigenvalue weighted by atomic mass is 19.3. The second-order valence-corrected chi connectivity index (χ2v) is 13.4. The number of carbonyl (C=O) groups excluding carboxylic acids is 1. The lowest BCUT2D eigenvalue weighted by molar-refractivity contribution is -0.0106. The molecule has 8 nitrogen and oxygen atoms in total. The molecular formula is C29H47F2N5O3. The Hall–Kier alpha value is -1.81. The van der Waals surface area contributed by atoms with Crippen LogP contribution in [-0.2, 0) is 4.74 Å². The largest absolute Gasteiger partial charge is 0.444 e. The summed E-state index contributed by atoms with van der Waals surface area (Å²) >= 11 is 0. The summed E-state index contributed by atoms with van der Waals surface area (Å²) in [6, 6.07) is 0.0372. The molecule has 4 fully saturated rings. The van der Waals surface area contributed by atoms with Crippen LogP contribution in [0.15, 0.2) is 4.52 Å². The van der Waals surface area contributed by atoms with E-state index in [2.05, 4.69) is 15.4 Å². The minimum atomic E-state index is -2.61. The van der Waals surface area contributed by atoms with E-state index in [1.165, 1.54) is 25.7 Å². The third kappa shape index (κ3) is 6.92. The van der Waals surface area contributed by atoms with Crippen molar-refractivity contribution >= 4 is 6.09 Å². The highest BCUT2D eigenvalue weighted by molar-refractivity contribution is 5.68. The minimum Gasteiger partial charge on any atom is -0.444 e. The van der Waals surface area contributed by atoms with Gasteiger partial charge in [-0.25, -0.2) is 13.6 Å².